The van der Waals surface area contributed by atoms with E-state index in [-0.39, 0.29) is 11.9 Å². The van der Waals surface area contributed by atoms with E-state index in [0.29, 0.717) is 11.3 Å². The Hall–Kier alpha value is -3.03. The van der Waals surface area contributed by atoms with Gasteiger partial charge in [0.1, 0.15) is 17.6 Å². The smallest absolute Gasteiger partial charge is 0.213 e. The van der Waals surface area contributed by atoms with Crippen LogP contribution in [-0.4, -0.2) is 22.6 Å². The number of primary sulfonamides is 1. The van der Waals surface area contributed by atoms with Crippen LogP contribution in [0.25, 0.3) is 11.1 Å². The molecule has 1 aliphatic rings. The van der Waals surface area contributed by atoms with Gasteiger partial charge in [-0.1, -0.05) is 36.4 Å². The number of ether oxygens (including phenoxy) is 2. The van der Waals surface area contributed by atoms with E-state index >= 15 is 0 Å². The van der Waals surface area contributed by atoms with Gasteiger partial charge in [-0.2, -0.15) is 0 Å². The standard InChI is InChI=1S/C22H22N2O4S/c1-24-16-9-7-15(8-10-16)22-18-12-14(13-29(23,25)26)6-11-17(18)21-19(27-2)4-3-5-20(21)28-22/h3-12,22,24H,13H2,1-2H3,(H2,23,25,26). The predicted molar refractivity (Wildman–Crippen MR) is 114 cm³/mol. The zero-order valence-electron chi connectivity index (χ0n) is 16.2. The Bertz CT molecular complexity index is 1160. The molecule has 6 nitrogen and oxygen atoms in total. The molecule has 4 rings (SSSR count). The monoisotopic (exact) mass is 410 g/mol. The lowest BCUT2D eigenvalue weighted by atomic mass is 9.88. The van der Waals surface area contributed by atoms with Gasteiger partial charge in [-0.3, -0.25) is 0 Å². The summed E-state index contributed by atoms with van der Waals surface area (Å²) in [5.74, 6) is 1.19. The van der Waals surface area contributed by atoms with Crippen molar-refractivity contribution >= 4 is 15.7 Å². The number of nitrogens with one attached hydrogen (secondary N) is 1. The Balaban J connectivity index is 1.89. The highest BCUT2D eigenvalue weighted by Crippen LogP contribution is 2.49. The van der Waals surface area contributed by atoms with E-state index in [4.69, 9.17) is 14.6 Å². The maximum Gasteiger partial charge on any atom is 0.213 e. The van der Waals surface area contributed by atoms with Gasteiger partial charge < -0.3 is 14.8 Å². The maximum absolute atomic E-state index is 11.6. The molecule has 0 radical (unpaired) electrons. The summed E-state index contributed by atoms with van der Waals surface area (Å²) in [5.41, 5.74) is 5.26. The van der Waals surface area contributed by atoms with Crippen LogP contribution in [0, 0.1) is 0 Å². The molecular weight excluding hydrogens is 388 g/mol. The van der Waals surface area contributed by atoms with Crippen molar-refractivity contribution in [2.45, 2.75) is 11.9 Å². The second-order valence-corrected chi connectivity index (χ2v) is 8.55. The Labute approximate surface area is 170 Å². The van der Waals surface area contributed by atoms with Crippen molar-refractivity contribution in [2.75, 3.05) is 19.5 Å². The first-order valence-corrected chi connectivity index (χ1v) is 10.9. The number of hydrogen-bond donors (Lipinski definition) is 2. The second kappa shape index (κ2) is 7.42. The number of rotatable bonds is 5. The summed E-state index contributed by atoms with van der Waals surface area (Å²) >= 11 is 0. The predicted octanol–water partition coefficient (Wildman–Crippen LogP) is 3.67. The molecule has 1 unspecified atom stereocenters. The van der Waals surface area contributed by atoms with Crippen LogP contribution in [0.5, 0.6) is 11.5 Å². The van der Waals surface area contributed by atoms with E-state index in [2.05, 4.69) is 5.32 Å². The molecule has 1 heterocycles. The SMILES string of the molecule is CNc1ccc(C2Oc3cccc(OC)c3-c3ccc(CS(N)(=O)=O)cc32)cc1. The van der Waals surface area contributed by atoms with Crippen LogP contribution in [0.3, 0.4) is 0 Å². The Kier molecular flexibility index (Phi) is 4.94. The lowest BCUT2D eigenvalue weighted by Crippen LogP contribution is -2.18. The average Bonchev–Trinajstić information content (AvgIpc) is 2.71. The molecule has 0 bridgehead atoms. The average molecular weight is 410 g/mol. The van der Waals surface area contributed by atoms with E-state index in [0.717, 1.165) is 33.7 Å². The molecule has 0 spiro atoms. The molecular formula is C22H22N2O4S. The molecule has 3 N–H and O–H groups in total. The molecule has 1 atom stereocenters. The Morgan fingerprint density at radius 2 is 1.86 bits per heavy atom. The second-order valence-electron chi connectivity index (χ2n) is 6.93. The molecule has 0 amide bonds. The highest BCUT2D eigenvalue weighted by molar-refractivity contribution is 7.88. The minimum absolute atomic E-state index is 0.232. The highest BCUT2D eigenvalue weighted by Gasteiger charge is 2.30. The van der Waals surface area contributed by atoms with E-state index in [1.807, 2.05) is 61.6 Å². The number of methoxy groups -OCH3 is 1. The van der Waals surface area contributed by atoms with E-state index < -0.39 is 10.0 Å². The van der Waals surface area contributed by atoms with Crippen molar-refractivity contribution in [3.63, 3.8) is 0 Å². The van der Waals surface area contributed by atoms with Gasteiger partial charge >= 0.3 is 0 Å². The van der Waals surface area contributed by atoms with Gasteiger partial charge in [0.25, 0.3) is 0 Å². The molecule has 3 aromatic rings. The van der Waals surface area contributed by atoms with E-state index in [1.165, 1.54) is 0 Å². The van der Waals surface area contributed by atoms with Gasteiger partial charge in [-0.25, -0.2) is 13.6 Å². The molecule has 0 saturated heterocycles. The highest BCUT2D eigenvalue weighted by atomic mass is 32.2. The summed E-state index contributed by atoms with van der Waals surface area (Å²) in [6.45, 7) is 0. The minimum Gasteiger partial charge on any atom is -0.496 e. The number of anilines is 1. The van der Waals surface area contributed by atoms with Crippen LogP contribution in [0.2, 0.25) is 0 Å². The summed E-state index contributed by atoms with van der Waals surface area (Å²) in [4.78, 5) is 0. The molecule has 0 saturated carbocycles. The van der Waals surface area contributed by atoms with Crippen molar-refractivity contribution in [2.24, 2.45) is 5.14 Å². The normalized spacial score (nSPS) is 15.1. The van der Waals surface area contributed by atoms with Crippen molar-refractivity contribution in [3.05, 3.63) is 77.4 Å². The molecule has 7 heteroatoms. The maximum atomic E-state index is 11.6. The summed E-state index contributed by atoms with van der Waals surface area (Å²) < 4.78 is 35.1. The van der Waals surface area contributed by atoms with Crippen LogP contribution in [0.4, 0.5) is 5.69 Å². The summed E-state index contributed by atoms with van der Waals surface area (Å²) in [6, 6.07) is 19.2. The van der Waals surface area contributed by atoms with Crippen LogP contribution < -0.4 is 19.9 Å². The van der Waals surface area contributed by atoms with E-state index in [9.17, 15) is 8.42 Å². The van der Waals surface area contributed by atoms with Crippen LogP contribution >= 0.6 is 0 Å². The van der Waals surface area contributed by atoms with Gasteiger partial charge in [-0.05, 0) is 41.0 Å². The summed E-state index contributed by atoms with van der Waals surface area (Å²) in [6.07, 6.45) is -0.379. The first-order valence-electron chi connectivity index (χ1n) is 9.14. The minimum atomic E-state index is -3.64. The number of benzene rings is 3. The number of fused-ring (bicyclic) bond motifs is 3. The molecule has 0 fully saturated rings. The van der Waals surface area contributed by atoms with Gasteiger partial charge in [0, 0.05) is 18.3 Å². The lowest BCUT2D eigenvalue weighted by Gasteiger charge is -2.30. The Morgan fingerprint density at radius 1 is 1.10 bits per heavy atom. The topological polar surface area (TPSA) is 90.7 Å². The van der Waals surface area contributed by atoms with Gasteiger partial charge in [0.15, 0.2) is 0 Å². The fourth-order valence-electron chi connectivity index (χ4n) is 3.69. The zero-order valence-corrected chi connectivity index (χ0v) is 17.0. The summed E-state index contributed by atoms with van der Waals surface area (Å²) in [7, 11) is -0.159. The first kappa shape index (κ1) is 19.3. The van der Waals surface area contributed by atoms with Gasteiger partial charge in [-0.15, -0.1) is 0 Å². The van der Waals surface area contributed by atoms with Crippen molar-refractivity contribution in [3.8, 4) is 22.6 Å². The third-order valence-corrected chi connectivity index (χ3v) is 5.73. The fourth-order valence-corrected chi connectivity index (χ4v) is 4.33. The third kappa shape index (κ3) is 3.79. The van der Waals surface area contributed by atoms with Gasteiger partial charge in [0.05, 0.1) is 18.4 Å². The molecule has 0 aromatic heterocycles. The van der Waals surface area contributed by atoms with Crippen molar-refractivity contribution in [1.29, 1.82) is 0 Å². The lowest BCUT2D eigenvalue weighted by molar-refractivity contribution is 0.242. The van der Waals surface area contributed by atoms with Crippen LogP contribution in [-0.2, 0) is 15.8 Å². The molecule has 1 aliphatic heterocycles. The quantitative estimate of drug-likeness (QED) is 0.670. The van der Waals surface area contributed by atoms with Crippen LogP contribution in [0.1, 0.15) is 22.8 Å². The number of nitrogens with two attached hydrogens (primary N) is 1. The zero-order chi connectivity index (χ0) is 20.6. The molecule has 0 aliphatic carbocycles. The van der Waals surface area contributed by atoms with Crippen molar-refractivity contribution in [1.82, 2.24) is 0 Å². The first-order chi connectivity index (χ1) is 13.9. The summed E-state index contributed by atoms with van der Waals surface area (Å²) in [5, 5.41) is 8.36. The molecule has 29 heavy (non-hydrogen) atoms. The third-order valence-electron chi connectivity index (χ3n) is 4.99. The fraction of sp³-hybridized carbons (Fsp3) is 0.182. The van der Waals surface area contributed by atoms with E-state index in [1.54, 1.807) is 13.2 Å². The number of sulfonamides is 1. The molecule has 150 valence electrons. The van der Waals surface area contributed by atoms with Gasteiger partial charge in [0.2, 0.25) is 10.0 Å². The Morgan fingerprint density at radius 3 is 2.52 bits per heavy atom. The van der Waals surface area contributed by atoms with Crippen LogP contribution in [0.15, 0.2) is 60.7 Å². The van der Waals surface area contributed by atoms with Crippen molar-refractivity contribution < 1.29 is 17.9 Å². The number of hydrogen-bond acceptors (Lipinski definition) is 5. The largest absolute Gasteiger partial charge is 0.496 e. The molecule has 3 aromatic carbocycles.